The summed E-state index contributed by atoms with van der Waals surface area (Å²) in [5.41, 5.74) is 0.644. The zero-order valence-electron chi connectivity index (χ0n) is 14.0. The number of nitrogens with one attached hydrogen (secondary N) is 2. The van der Waals surface area contributed by atoms with E-state index in [1.807, 2.05) is 18.2 Å². The standard InChI is InChI=1S/C19H15F3N4O/c20-19(21,22)14-4-6-15(7-5-14)26-18(27)13-8-10-24-17(11-13)25-12-16-3-1-2-9-23-16/h1-11H,12H2,(H,24,25)(H,26,27). The Morgan fingerprint density at radius 1 is 0.963 bits per heavy atom. The number of nitrogens with zero attached hydrogens (tertiary/aromatic N) is 2. The highest BCUT2D eigenvalue weighted by atomic mass is 19.4. The molecule has 0 radical (unpaired) electrons. The Morgan fingerprint density at radius 2 is 1.74 bits per heavy atom. The van der Waals surface area contributed by atoms with Crippen LogP contribution in [-0.2, 0) is 12.7 Å². The van der Waals surface area contributed by atoms with Crippen LogP contribution in [0.25, 0.3) is 0 Å². The Hall–Kier alpha value is -3.42. The number of carbonyl (C=O) groups excluding carboxylic acids is 1. The fourth-order valence-corrected chi connectivity index (χ4v) is 2.30. The largest absolute Gasteiger partial charge is 0.416 e. The molecule has 0 aliphatic rings. The second-order valence-corrected chi connectivity index (χ2v) is 5.63. The Morgan fingerprint density at radius 3 is 2.41 bits per heavy atom. The topological polar surface area (TPSA) is 66.9 Å². The first-order valence-corrected chi connectivity index (χ1v) is 8.00. The van der Waals surface area contributed by atoms with Crippen LogP contribution in [0.1, 0.15) is 21.6 Å². The van der Waals surface area contributed by atoms with Crippen molar-refractivity contribution in [2.24, 2.45) is 0 Å². The van der Waals surface area contributed by atoms with E-state index >= 15 is 0 Å². The van der Waals surface area contributed by atoms with Gasteiger partial charge in [-0.3, -0.25) is 9.78 Å². The highest BCUT2D eigenvalue weighted by Crippen LogP contribution is 2.29. The molecule has 0 aliphatic carbocycles. The lowest BCUT2D eigenvalue weighted by molar-refractivity contribution is -0.137. The summed E-state index contributed by atoms with van der Waals surface area (Å²) in [6.45, 7) is 0.442. The minimum Gasteiger partial charge on any atom is -0.364 e. The van der Waals surface area contributed by atoms with Crippen molar-refractivity contribution in [3.63, 3.8) is 0 Å². The van der Waals surface area contributed by atoms with Gasteiger partial charge < -0.3 is 10.6 Å². The van der Waals surface area contributed by atoms with Crippen molar-refractivity contribution in [1.29, 1.82) is 0 Å². The molecule has 2 aromatic heterocycles. The van der Waals surface area contributed by atoms with Gasteiger partial charge in [0, 0.05) is 23.6 Å². The fourth-order valence-electron chi connectivity index (χ4n) is 2.30. The third kappa shape index (κ3) is 5.04. The normalized spacial score (nSPS) is 11.1. The molecule has 2 N–H and O–H groups in total. The average molecular weight is 372 g/mol. The average Bonchev–Trinajstić information content (AvgIpc) is 2.67. The van der Waals surface area contributed by atoms with E-state index in [0.717, 1.165) is 17.8 Å². The number of hydrogen-bond donors (Lipinski definition) is 2. The van der Waals surface area contributed by atoms with Crippen LogP contribution in [0.5, 0.6) is 0 Å². The van der Waals surface area contributed by atoms with Gasteiger partial charge in [-0.25, -0.2) is 4.98 Å². The van der Waals surface area contributed by atoms with Crippen LogP contribution in [0.3, 0.4) is 0 Å². The van der Waals surface area contributed by atoms with Crippen LogP contribution in [0.15, 0.2) is 67.0 Å². The Balaban J connectivity index is 1.64. The number of hydrogen-bond acceptors (Lipinski definition) is 4. The Labute approximate surface area is 153 Å². The molecule has 1 aromatic carbocycles. The molecule has 8 heteroatoms. The van der Waals surface area contributed by atoms with Gasteiger partial charge in [0.05, 0.1) is 17.8 Å². The molecule has 0 aliphatic heterocycles. The van der Waals surface area contributed by atoms with E-state index in [2.05, 4.69) is 20.6 Å². The maximum absolute atomic E-state index is 12.6. The number of rotatable bonds is 5. The van der Waals surface area contributed by atoms with Crippen LogP contribution < -0.4 is 10.6 Å². The number of halogens is 3. The summed E-state index contributed by atoms with van der Waals surface area (Å²) in [6, 6.07) is 12.9. The predicted octanol–water partition coefficient (Wildman–Crippen LogP) is 4.36. The molecule has 0 fully saturated rings. The number of amides is 1. The minimum absolute atomic E-state index is 0.271. The molecule has 2 heterocycles. The van der Waals surface area contributed by atoms with Crippen LogP contribution in [0, 0.1) is 0 Å². The second-order valence-electron chi connectivity index (χ2n) is 5.63. The quantitative estimate of drug-likeness (QED) is 0.698. The van der Waals surface area contributed by atoms with Crippen LogP contribution >= 0.6 is 0 Å². The van der Waals surface area contributed by atoms with Crippen molar-refractivity contribution in [3.8, 4) is 0 Å². The van der Waals surface area contributed by atoms with Gasteiger partial charge in [0.25, 0.3) is 5.91 Å². The molecular weight excluding hydrogens is 357 g/mol. The molecule has 138 valence electrons. The zero-order valence-corrected chi connectivity index (χ0v) is 14.0. The number of carbonyl (C=O) groups is 1. The van der Waals surface area contributed by atoms with Crippen molar-refractivity contribution in [2.75, 3.05) is 10.6 Å². The maximum Gasteiger partial charge on any atom is 0.416 e. The molecule has 3 rings (SSSR count). The summed E-state index contributed by atoms with van der Waals surface area (Å²) >= 11 is 0. The van der Waals surface area contributed by atoms with E-state index in [0.29, 0.717) is 17.9 Å². The van der Waals surface area contributed by atoms with Gasteiger partial charge in [-0.1, -0.05) is 6.07 Å². The molecule has 0 atom stereocenters. The maximum atomic E-state index is 12.6. The first kappa shape index (κ1) is 18.4. The summed E-state index contributed by atoms with van der Waals surface area (Å²) in [5, 5.41) is 5.63. The molecule has 0 bridgehead atoms. The number of pyridine rings is 2. The van der Waals surface area contributed by atoms with E-state index in [4.69, 9.17) is 0 Å². The van der Waals surface area contributed by atoms with Crippen molar-refractivity contribution >= 4 is 17.4 Å². The van der Waals surface area contributed by atoms with E-state index in [9.17, 15) is 18.0 Å². The predicted molar refractivity (Wildman–Crippen MR) is 95.2 cm³/mol. The van der Waals surface area contributed by atoms with Crippen molar-refractivity contribution in [1.82, 2.24) is 9.97 Å². The lowest BCUT2D eigenvalue weighted by atomic mass is 10.2. The first-order chi connectivity index (χ1) is 12.9. The second kappa shape index (κ2) is 7.86. The number of benzene rings is 1. The molecule has 0 saturated carbocycles. The summed E-state index contributed by atoms with van der Waals surface area (Å²) in [7, 11) is 0. The molecule has 0 unspecified atom stereocenters. The van der Waals surface area contributed by atoms with Gasteiger partial charge in [-0.2, -0.15) is 13.2 Å². The van der Waals surface area contributed by atoms with E-state index < -0.39 is 17.6 Å². The van der Waals surface area contributed by atoms with E-state index in [1.54, 1.807) is 12.3 Å². The van der Waals surface area contributed by atoms with Gasteiger partial charge in [-0.05, 0) is 48.5 Å². The summed E-state index contributed by atoms with van der Waals surface area (Å²) in [4.78, 5) is 20.6. The molecule has 5 nitrogen and oxygen atoms in total. The van der Waals surface area contributed by atoms with Crippen molar-refractivity contribution < 1.29 is 18.0 Å². The van der Waals surface area contributed by atoms with Gasteiger partial charge in [-0.15, -0.1) is 0 Å². The Bertz CT molecular complexity index is 912. The monoisotopic (exact) mass is 372 g/mol. The Kier molecular flexibility index (Phi) is 5.35. The van der Waals surface area contributed by atoms with E-state index in [1.165, 1.54) is 24.4 Å². The smallest absolute Gasteiger partial charge is 0.364 e. The summed E-state index contributed by atoms with van der Waals surface area (Å²) < 4.78 is 37.7. The third-order valence-electron chi connectivity index (χ3n) is 3.67. The fraction of sp³-hybridized carbons (Fsp3) is 0.105. The molecule has 1 amide bonds. The highest BCUT2D eigenvalue weighted by molar-refractivity contribution is 6.04. The molecule has 27 heavy (non-hydrogen) atoms. The SMILES string of the molecule is O=C(Nc1ccc(C(F)(F)F)cc1)c1ccnc(NCc2ccccn2)c1. The zero-order chi connectivity index (χ0) is 19.3. The van der Waals surface area contributed by atoms with Crippen molar-refractivity contribution in [3.05, 3.63) is 83.8 Å². The number of anilines is 2. The summed E-state index contributed by atoms with van der Waals surface area (Å²) in [5.74, 6) is 0.0405. The molecular formula is C19H15F3N4O. The highest BCUT2D eigenvalue weighted by Gasteiger charge is 2.30. The number of alkyl halides is 3. The third-order valence-corrected chi connectivity index (χ3v) is 3.67. The first-order valence-electron chi connectivity index (χ1n) is 8.00. The van der Waals surface area contributed by atoms with Crippen LogP contribution in [0.2, 0.25) is 0 Å². The van der Waals surface area contributed by atoms with Gasteiger partial charge in [0.2, 0.25) is 0 Å². The van der Waals surface area contributed by atoms with Gasteiger partial charge >= 0.3 is 6.18 Å². The van der Waals surface area contributed by atoms with Crippen LogP contribution in [0.4, 0.5) is 24.7 Å². The van der Waals surface area contributed by atoms with Crippen molar-refractivity contribution in [2.45, 2.75) is 12.7 Å². The molecule has 0 spiro atoms. The van der Waals surface area contributed by atoms with E-state index in [-0.39, 0.29) is 5.69 Å². The lowest BCUT2D eigenvalue weighted by Crippen LogP contribution is -2.13. The van der Waals surface area contributed by atoms with Gasteiger partial charge in [0.15, 0.2) is 0 Å². The lowest BCUT2D eigenvalue weighted by Gasteiger charge is -2.10. The van der Waals surface area contributed by atoms with Crippen LogP contribution in [-0.4, -0.2) is 15.9 Å². The summed E-state index contributed by atoms with van der Waals surface area (Å²) in [6.07, 6.45) is -1.26. The minimum atomic E-state index is -4.41. The molecule has 0 saturated heterocycles. The molecule has 3 aromatic rings. The number of aromatic nitrogens is 2. The van der Waals surface area contributed by atoms with Gasteiger partial charge in [0.1, 0.15) is 5.82 Å².